The molecule has 0 aliphatic heterocycles. The zero-order valence-electron chi connectivity index (χ0n) is 13.2. The molecular weight excluding hydrogens is 296 g/mol. The van der Waals surface area contributed by atoms with Crippen LogP contribution in [0.3, 0.4) is 0 Å². The highest BCUT2D eigenvalue weighted by atomic mass is 16.2. The number of carbonyl (C=O) groups is 1. The van der Waals surface area contributed by atoms with Crippen molar-refractivity contribution in [1.29, 1.82) is 0 Å². The Hall–Kier alpha value is -2.18. The van der Waals surface area contributed by atoms with Gasteiger partial charge in [-0.25, -0.2) is 9.78 Å². The average Bonchev–Trinajstić information content (AvgIpc) is 3.40. The molecule has 0 atom stereocenters. The van der Waals surface area contributed by atoms with E-state index in [0.717, 1.165) is 25.7 Å². The maximum Gasteiger partial charge on any atom is 0.332 e. The molecule has 0 aromatic carbocycles. The van der Waals surface area contributed by atoms with Gasteiger partial charge in [0.1, 0.15) is 5.78 Å². The molecular formula is C16H20N4O3. The quantitative estimate of drug-likeness (QED) is 0.788. The van der Waals surface area contributed by atoms with Crippen LogP contribution in [0, 0.1) is 11.8 Å². The minimum Gasteiger partial charge on any atom is -0.317 e. The van der Waals surface area contributed by atoms with Crippen LogP contribution in [-0.4, -0.2) is 24.5 Å². The first-order valence-corrected chi connectivity index (χ1v) is 8.22. The van der Waals surface area contributed by atoms with E-state index in [1.165, 1.54) is 17.8 Å². The largest absolute Gasteiger partial charge is 0.332 e. The molecule has 0 amide bonds. The molecule has 0 unspecified atom stereocenters. The first-order chi connectivity index (χ1) is 11.0. The topological polar surface area (TPSA) is 78.9 Å². The lowest BCUT2D eigenvalue weighted by molar-refractivity contribution is -0.117. The number of rotatable bonds is 6. The van der Waals surface area contributed by atoms with Crippen molar-refractivity contribution >= 4 is 16.9 Å². The van der Waals surface area contributed by atoms with Crippen LogP contribution in [0.2, 0.25) is 0 Å². The molecule has 0 N–H and O–H groups in total. The van der Waals surface area contributed by atoms with E-state index in [1.54, 1.807) is 9.13 Å². The summed E-state index contributed by atoms with van der Waals surface area (Å²) in [5.74, 6) is 0.884. The second kappa shape index (κ2) is 5.18. The van der Waals surface area contributed by atoms with E-state index in [2.05, 4.69) is 4.98 Å². The normalized spacial score (nSPS) is 17.8. The Kier molecular flexibility index (Phi) is 3.25. The summed E-state index contributed by atoms with van der Waals surface area (Å²) in [7, 11) is 0. The number of hydrogen-bond acceptors (Lipinski definition) is 4. The molecule has 2 aliphatic rings. The van der Waals surface area contributed by atoms with Crippen LogP contribution in [0.5, 0.6) is 0 Å². The highest BCUT2D eigenvalue weighted by Crippen LogP contribution is 2.31. The summed E-state index contributed by atoms with van der Waals surface area (Å²) in [4.78, 5) is 41.3. The van der Waals surface area contributed by atoms with Crippen molar-refractivity contribution in [3.63, 3.8) is 0 Å². The van der Waals surface area contributed by atoms with Crippen molar-refractivity contribution in [3.8, 4) is 0 Å². The fourth-order valence-corrected chi connectivity index (χ4v) is 3.04. The number of nitrogens with zero attached hydrogens (tertiary/aromatic N) is 4. The summed E-state index contributed by atoms with van der Waals surface area (Å²) < 4.78 is 4.56. The van der Waals surface area contributed by atoms with Crippen LogP contribution in [0.25, 0.3) is 11.2 Å². The SMILES string of the molecule is CC(=O)Cn1cnc2c1c(=O)n(CC1CC1)c(=O)n2CC1CC1. The van der Waals surface area contributed by atoms with Gasteiger partial charge in [-0.05, 0) is 44.4 Å². The van der Waals surface area contributed by atoms with Crippen molar-refractivity contribution in [2.24, 2.45) is 11.8 Å². The number of hydrogen-bond donors (Lipinski definition) is 0. The van der Waals surface area contributed by atoms with Crippen LogP contribution in [-0.2, 0) is 24.4 Å². The third-order valence-electron chi connectivity index (χ3n) is 4.65. The zero-order valence-corrected chi connectivity index (χ0v) is 13.2. The highest BCUT2D eigenvalue weighted by molar-refractivity contribution is 5.78. The molecule has 7 heteroatoms. The Morgan fingerprint density at radius 1 is 1.13 bits per heavy atom. The van der Waals surface area contributed by atoms with E-state index in [4.69, 9.17) is 0 Å². The number of imidazole rings is 1. The minimum absolute atomic E-state index is 0.0441. The molecule has 2 heterocycles. The van der Waals surface area contributed by atoms with Gasteiger partial charge in [-0.3, -0.25) is 18.7 Å². The first-order valence-electron chi connectivity index (χ1n) is 8.22. The van der Waals surface area contributed by atoms with Gasteiger partial charge in [-0.15, -0.1) is 0 Å². The van der Waals surface area contributed by atoms with E-state index >= 15 is 0 Å². The number of Topliss-reactive ketones (excluding diaryl/α,β-unsaturated/α-hetero) is 1. The summed E-state index contributed by atoms with van der Waals surface area (Å²) in [6, 6.07) is 0. The third kappa shape index (κ3) is 2.64. The minimum atomic E-state index is -0.317. The van der Waals surface area contributed by atoms with Gasteiger partial charge in [-0.1, -0.05) is 0 Å². The van der Waals surface area contributed by atoms with Crippen LogP contribution < -0.4 is 11.2 Å². The lowest BCUT2D eigenvalue weighted by Crippen LogP contribution is -2.41. The predicted octanol–water partition coefficient (Wildman–Crippen LogP) is 0.769. The van der Waals surface area contributed by atoms with E-state index in [0.29, 0.717) is 36.1 Å². The summed E-state index contributed by atoms with van der Waals surface area (Å²) in [6.45, 7) is 2.67. The summed E-state index contributed by atoms with van der Waals surface area (Å²) in [5.41, 5.74) is 0.221. The molecule has 2 aromatic rings. The van der Waals surface area contributed by atoms with E-state index < -0.39 is 0 Å². The Bertz CT molecular complexity index is 896. The Balaban J connectivity index is 1.93. The van der Waals surface area contributed by atoms with E-state index in [-0.39, 0.29) is 23.6 Å². The maximum atomic E-state index is 12.8. The Labute approximate surface area is 132 Å². The van der Waals surface area contributed by atoms with Crippen LogP contribution in [0.4, 0.5) is 0 Å². The second-order valence-electron chi connectivity index (χ2n) is 6.94. The molecule has 122 valence electrons. The first kappa shape index (κ1) is 14.4. The van der Waals surface area contributed by atoms with Gasteiger partial charge in [0, 0.05) is 13.1 Å². The standard InChI is InChI=1S/C16H20N4O3/c1-10(21)6-18-9-17-14-13(18)15(22)20(8-12-4-5-12)16(23)19(14)7-11-2-3-11/h9,11-12H,2-8H2,1H3. The predicted molar refractivity (Wildman–Crippen MR) is 84.4 cm³/mol. The molecule has 23 heavy (non-hydrogen) atoms. The smallest absolute Gasteiger partial charge is 0.317 e. The lowest BCUT2D eigenvalue weighted by Gasteiger charge is -2.11. The molecule has 0 bridgehead atoms. The molecule has 2 saturated carbocycles. The molecule has 0 radical (unpaired) electrons. The van der Waals surface area contributed by atoms with Gasteiger partial charge < -0.3 is 4.57 Å². The van der Waals surface area contributed by atoms with Crippen molar-refractivity contribution < 1.29 is 4.79 Å². The summed E-state index contributed by atoms with van der Waals surface area (Å²) >= 11 is 0. The van der Waals surface area contributed by atoms with Crippen molar-refractivity contribution in [1.82, 2.24) is 18.7 Å². The number of carbonyl (C=O) groups excluding carboxylic acids is 1. The van der Waals surface area contributed by atoms with Crippen LogP contribution in [0.1, 0.15) is 32.6 Å². The van der Waals surface area contributed by atoms with Gasteiger partial charge in [0.05, 0.1) is 12.9 Å². The van der Waals surface area contributed by atoms with E-state index in [9.17, 15) is 14.4 Å². The molecule has 0 saturated heterocycles. The molecule has 7 nitrogen and oxygen atoms in total. The highest BCUT2D eigenvalue weighted by Gasteiger charge is 2.28. The number of aromatic nitrogens is 4. The maximum absolute atomic E-state index is 12.8. The molecule has 4 rings (SSSR count). The third-order valence-corrected chi connectivity index (χ3v) is 4.65. The van der Waals surface area contributed by atoms with E-state index in [1.807, 2.05) is 0 Å². The molecule has 2 aromatic heterocycles. The van der Waals surface area contributed by atoms with Crippen molar-refractivity contribution in [2.75, 3.05) is 0 Å². The zero-order chi connectivity index (χ0) is 16.1. The fourth-order valence-electron chi connectivity index (χ4n) is 3.04. The molecule has 2 aliphatic carbocycles. The van der Waals surface area contributed by atoms with Crippen LogP contribution in [0.15, 0.2) is 15.9 Å². The lowest BCUT2D eigenvalue weighted by atomic mass is 10.3. The summed E-state index contributed by atoms with van der Waals surface area (Å²) in [6.07, 6.45) is 5.87. The van der Waals surface area contributed by atoms with Gasteiger partial charge in [0.15, 0.2) is 11.2 Å². The number of ketones is 1. The molecule has 0 spiro atoms. The second-order valence-corrected chi connectivity index (χ2v) is 6.94. The van der Waals surface area contributed by atoms with Gasteiger partial charge in [0.25, 0.3) is 5.56 Å². The van der Waals surface area contributed by atoms with Crippen molar-refractivity contribution in [3.05, 3.63) is 27.2 Å². The van der Waals surface area contributed by atoms with Gasteiger partial charge in [-0.2, -0.15) is 0 Å². The fraction of sp³-hybridized carbons (Fsp3) is 0.625. The Morgan fingerprint density at radius 2 is 1.74 bits per heavy atom. The van der Waals surface area contributed by atoms with Crippen LogP contribution >= 0.6 is 0 Å². The number of fused-ring (bicyclic) bond motifs is 1. The molecule has 2 fully saturated rings. The Morgan fingerprint density at radius 3 is 2.30 bits per heavy atom. The monoisotopic (exact) mass is 316 g/mol. The van der Waals surface area contributed by atoms with Gasteiger partial charge in [0.2, 0.25) is 0 Å². The van der Waals surface area contributed by atoms with Crippen molar-refractivity contribution in [2.45, 2.75) is 52.2 Å². The summed E-state index contributed by atoms with van der Waals surface area (Å²) in [5, 5.41) is 0. The van der Waals surface area contributed by atoms with Gasteiger partial charge >= 0.3 is 5.69 Å². The average molecular weight is 316 g/mol.